The highest BCUT2D eigenvalue weighted by atomic mass is 14.2. The van der Waals surface area contributed by atoms with Crippen LogP contribution in [0.5, 0.6) is 0 Å². The molecule has 0 unspecified atom stereocenters. The molecular weight excluding hydrogens is 528 g/mol. The second-order valence-corrected chi connectivity index (χ2v) is 11.7. The van der Waals surface area contributed by atoms with Crippen LogP contribution in [0.25, 0.3) is 87.2 Å². The Kier molecular flexibility index (Phi) is 5.61. The van der Waals surface area contributed by atoms with Crippen LogP contribution in [0, 0.1) is 0 Å². The van der Waals surface area contributed by atoms with Gasteiger partial charge in [0.2, 0.25) is 0 Å². The van der Waals surface area contributed by atoms with Crippen LogP contribution in [0.4, 0.5) is 0 Å². The van der Waals surface area contributed by atoms with E-state index in [1.807, 2.05) is 0 Å². The molecule has 0 saturated heterocycles. The average molecular weight is 557 g/mol. The summed E-state index contributed by atoms with van der Waals surface area (Å²) < 4.78 is 0. The Morgan fingerprint density at radius 2 is 0.614 bits per heavy atom. The van der Waals surface area contributed by atoms with Gasteiger partial charge in [0.25, 0.3) is 0 Å². The molecule has 0 radical (unpaired) electrons. The molecule has 204 valence electrons. The van der Waals surface area contributed by atoms with Crippen LogP contribution in [-0.2, 0) is 0 Å². The molecule has 0 amide bonds. The third kappa shape index (κ3) is 3.92. The number of rotatable bonds is 3. The van der Waals surface area contributed by atoms with Crippen molar-refractivity contribution in [1.82, 2.24) is 0 Å². The molecule has 0 aliphatic rings. The SMILES string of the molecule is c1ccc2cc(-c3c4ccccc4c(-c4ccc5cc(-c6cccc7ccccc67)ccc5c4)c4ccccc34)ccc2c1. The van der Waals surface area contributed by atoms with Gasteiger partial charge in [-0.15, -0.1) is 0 Å². The maximum Gasteiger partial charge on any atom is -0.00262 e. The first kappa shape index (κ1) is 24.8. The largest absolute Gasteiger partial charge is 0.0616 e. The zero-order valence-electron chi connectivity index (χ0n) is 24.2. The van der Waals surface area contributed by atoms with E-state index in [0.717, 1.165) is 0 Å². The molecule has 0 bridgehead atoms. The highest BCUT2D eigenvalue weighted by molar-refractivity contribution is 6.22. The van der Waals surface area contributed by atoms with Crippen molar-refractivity contribution in [1.29, 1.82) is 0 Å². The van der Waals surface area contributed by atoms with Crippen LogP contribution in [0.2, 0.25) is 0 Å². The predicted molar refractivity (Wildman–Crippen MR) is 190 cm³/mol. The molecule has 0 nitrogen and oxygen atoms in total. The Bertz CT molecular complexity index is 2490. The van der Waals surface area contributed by atoms with Crippen molar-refractivity contribution >= 4 is 53.9 Å². The molecule has 0 aliphatic carbocycles. The fourth-order valence-electron chi connectivity index (χ4n) is 7.14. The molecule has 0 heterocycles. The second-order valence-electron chi connectivity index (χ2n) is 11.7. The van der Waals surface area contributed by atoms with Crippen molar-refractivity contribution in [3.63, 3.8) is 0 Å². The smallest absolute Gasteiger partial charge is 0.00262 e. The Morgan fingerprint density at radius 3 is 1.20 bits per heavy atom. The Hall–Kier alpha value is -5.72. The minimum absolute atomic E-state index is 1.24. The third-order valence-corrected chi connectivity index (χ3v) is 9.20. The zero-order valence-corrected chi connectivity index (χ0v) is 24.2. The number of hydrogen-bond donors (Lipinski definition) is 0. The van der Waals surface area contributed by atoms with E-state index in [9.17, 15) is 0 Å². The fraction of sp³-hybridized carbons (Fsp3) is 0. The van der Waals surface area contributed by atoms with Gasteiger partial charge >= 0.3 is 0 Å². The highest BCUT2D eigenvalue weighted by Crippen LogP contribution is 2.44. The van der Waals surface area contributed by atoms with E-state index in [4.69, 9.17) is 0 Å². The Balaban J connectivity index is 1.25. The van der Waals surface area contributed by atoms with Crippen LogP contribution in [0.3, 0.4) is 0 Å². The fourth-order valence-corrected chi connectivity index (χ4v) is 7.14. The van der Waals surface area contributed by atoms with Crippen LogP contribution < -0.4 is 0 Å². The first-order chi connectivity index (χ1) is 21.8. The summed E-state index contributed by atoms with van der Waals surface area (Å²) in [5, 5.41) is 12.7. The van der Waals surface area contributed by atoms with Crippen molar-refractivity contribution in [2.24, 2.45) is 0 Å². The van der Waals surface area contributed by atoms with Gasteiger partial charge in [0, 0.05) is 0 Å². The van der Waals surface area contributed by atoms with Crippen LogP contribution in [-0.4, -0.2) is 0 Å². The average Bonchev–Trinajstić information content (AvgIpc) is 3.09. The van der Waals surface area contributed by atoms with Gasteiger partial charge in [0.15, 0.2) is 0 Å². The predicted octanol–water partition coefficient (Wildman–Crippen LogP) is 12.5. The van der Waals surface area contributed by atoms with Crippen molar-refractivity contribution in [3.05, 3.63) is 170 Å². The van der Waals surface area contributed by atoms with Crippen LogP contribution in [0.15, 0.2) is 170 Å². The molecule has 0 atom stereocenters. The lowest BCUT2D eigenvalue weighted by molar-refractivity contribution is 1.66. The van der Waals surface area contributed by atoms with E-state index in [-0.39, 0.29) is 0 Å². The van der Waals surface area contributed by atoms with E-state index < -0.39 is 0 Å². The highest BCUT2D eigenvalue weighted by Gasteiger charge is 2.17. The molecule has 0 aliphatic heterocycles. The van der Waals surface area contributed by atoms with E-state index >= 15 is 0 Å². The molecule has 9 aromatic rings. The van der Waals surface area contributed by atoms with Gasteiger partial charge in [0.05, 0.1) is 0 Å². The quantitative estimate of drug-likeness (QED) is 0.190. The number of benzene rings is 9. The van der Waals surface area contributed by atoms with Gasteiger partial charge in [-0.1, -0.05) is 152 Å². The second kappa shape index (κ2) is 9.93. The van der Waals surface area contributed by atoms with E-state index in [2.05, 4.69) is 170 Å². The summed E-state index contributed by atoms with van der Waals surface area (Å²) in [6.45, 7) is 0. The van der Waals surface area contributed by atoms with Crippen LogP contribution in [0.1, 0.15) is 0 Å². The summed E-state index contributed by atoms with van der Waals surface area (Å²) in [6.07, 6.45) is 0. The maximum absolute atomic E-state index is 2.37. The molecule has 0 N–H and O–H groups in total. The van der Waals surface area contributed by atoms with Crippen molar-refractivity contribution in [2.45, 2.75) is 0 Å². The summed E-state index contributed by atoms with van der Waals surface area (Å²) in [6, 6.07) is 62.4. The van der Waals surface area contributed by atoms with Crippen molar-refractivity contribution in [2.75, 3.05) is 0 Å². The van der Waals surface area contributed by atoms with Gasteiger partial charge in [-0.3, -0.25) is 0 Å². The van der Waals surface area contributed by atoms with Gasteiger partial charge in [-0.05, 0) is 105 Å². The monoisotopic (exact) mass is 556 g/mol. The van der Waals surface area contributed by atoms with E-state index in [1.54, 1.807) is 0 Å². The molecule has 0 fully saturated rings. The molecule has 0 saturated carbocycles. The lowest BCUT2D eigenvalue weighted by atomic mass is 9.85. The summed E-state index contributed by atoms with van der Waals surface area (Å²) in [5.74, 6) is 0. The molecule has 44 heavy (non-hydrogen) atoms. The van der Waals surface area contributed by atoms with Crippen molar-refractivity contribution in [3.8, 4) is 33.4 Å². The summed E-state index contributed by atoms with van der Waals surface area (Å²) >= 11 is 0. The normalized spacial score (nSPS) is 11.6. The summed E-state index contributed by atoms with van der Waals surface area (Å²) in [7, 11) is 0. The topological polar surface area (TPSA) is 0 Å². The first-order valence-electron chi connectivity index (χ1n) is 15.3. The standard InChI is InChI=1S/C44H28/c1-2-12-31-27-35(24-20-29(31)10-1)43-39-15-5-7-17-41(39)44(42-18-8-6-16-40(42)43)36-25-22-32-26-34(23-21-33(32)28-36)38-19-9-13-30-11-3-4-14-37(30)38/h1-28H. The molecular formula is C44H28. The third-order valence-electron chi connectivity index (χ3n) is 9.20. The first-order valence-corrected chi connectivity index (χ1v) is 15.3. The van der Waals surface area contributed by atoms with Crippen LogP contribution >= 0.6 is 0 Å². The van der Waals surface area contributed by atoms with Crippen molar-refractivity contribution < 1.29 is 0 Å². The Labute approximate surface area is 256 Å². The molecule has 0 aromatic heterocycles. The number of hydrogen-bond acceptors (Lipinski definition) is 0. The lowest BCUT2D eigenvalue weighted by Gasteiger charge is -2.18. The van der Waals surface area contributed by atoms with Gasteiger partial charge in [0.1, 0.15) is 0 Å². The maximum atomic E-state index is 2.37. The summed E-state index contributed by atoms with van der Waals surface area (Å²) in [4.78, 5) is 0. The van der Waals surface area contributed by atoms with Gasteiger partial charge in [-0.2, -0.15) is 0 Å². The van der Waals surface area contributed by atoms with E-state index in [0.29, 0.717) is 0 Å². The minimum Gasteiger partial charge on any atom is -0.0616 e. The summed E-state index contributed by atoms with van der Waals surface area (Å²) in [5.41, 5.74) is 7.61. The molecule has 0 heteroatoms. The zero-order chi connectivity index (χ0) is 29.0. The minimum atomic E-state index is 1.24. The molecule has 9 rings (SSSR count). The Morgan fingerprint density at radius 1 is 0.227 bits per heavy atom. The van der Waals surface area contributed by atoms with E-state index in [1.165, 1.54) is 87.2 Å². The van der Waals surface area contributed by atoms with Gasteiger partial charge < -0.3 is 0 Å². The van der Waals surface area contributed by atoms with Gasteiger partial charge in [-0.25, -0.2) is 0 Å². The molecule has 0 spiro atoms. The molecule has 9 aromatic carbocycles. The number of fused-ring (bicyclic) bond motifs is 5. The lowest BCUT2D eigenvalue weighted by Crippen LogP contribution is -1.91.